The van der Waals surface area contributed by atoms with Crippen molar-refractivity contribution in [3.05, 3.63) is 42.0 Å². The number of ether oxygens (including phenoxy) is 3. The lowest BCUT2D eigenvalue weighted by Gasteiger charge is -2.40. The Hall–Kier alpha value is -3.28. The van der Waals surface area contributed by atoms with E-state index in [-0.39, 0.29) is 12.2 Å². The van der Waals surface area contributed by atoms with Gasteiger partial charge in [-0.1, -0.05) is 12.7 Å². The molecule has 12 heteroatoms. The molecule has 0 spiro atoms. The number of halogens is 3. The van der Waals surface area contributed by atoms with Gasteiger partial charge in [0, 0.05) is 12.7 Å². The summed E-state index contributed by atoms with van der Waals surface area (Å²) in [6.45, 7) is 12.6. The molecule has 196 valence electrons. The van der Waals surface area contributed by atoms with Gasteiger partial charge in [-0.2, -0.15) is 13.2 Å². The van der Waals surface area contributed by atoms with Crippen LogP contribution < -0.4 is 15.6 Å². The van der Waals surface area contributed by atoms with E-state index in [0.29, 0.717) is 6.07 Å². The molecule has 1 unspecified atom stereocenters. The summed E-state index contributed by atoms with van der Waals surface area (Å²) >= 11 is 0. The first-order valence-corrected chi connectivity index (χ1v) is 10.6. The van der Waals surface area contributed by atoms with Crippen LogP contribution in [0.2, 0.25) is 0 Å². The number of benzene rings is 1. The summed E-state index contributed by atoms with van der Waals surface area (Å²) in [5.74, 6) is -2.32. The van der Waals surface area contributed by atoms with Gasteiger partial charge < -0.3 is 14.2 Å². The standard InChI is InChI=1S/C23H32F3N3O6/c1-9-12-34-17-11-10-15(13-16(17)23(24,25)26)19(31)28-27-18(30)14(2)29(22(6,7)33-8)20(32)35-21(3,4)5/h9-11,13-14H,1,12H2,2-8H3,(H,27,30)(H,28,31). The molecule has 35 heavy (non-hydrogen) atoms. The molecule has 0 aromatic heterocycles. The maximum absolute atomic E-state index is 13.4. The van der Waals surface area contributed by atoms with Gasteiger partial charge in [-0.05, 0) is 59.7 Å². The Bertz CT molecular complexity index is 941. The second-order valence-electron chi connectivity index (χ2n) is 8.93. The predicted octanol–water partition coefficient (Wildman–Crippen LogP) is 4.04. The molecule has 0 fully saturated rings. The molecule has 0 radical (unpaired) electrons. The van der Waals surface area contributed by atoms with Gasteiger partial charge in [-0.15, -0.1) is 0 Å². The molecule has 0 saturated carbocycles. The Morgan fingerprint density at radius 2 is 1.71 bits per heavy atom. The number of carbonyl (C=O) groups excluding carboxylic acids is 3. The van der Waals surface area contributed by atoms with Gasteiger partial charge in [0.1, 0.15) is 29.7 Å². The number of carbonyl (C=O) groups is 3. The predicted molar refractivity (Wildman–Crippen MR) is 121 cm³/mol. The van der Waals surface area contributed by atoms with Gasteiger partial charge >= 0.3 is 12.3 Å². The monoisotopic (exact) mass is 503 g/mol. The summed E-state index contributed by atoms with van der Waals surface area (Å²) in [4.78, 5) is 38.9. The van der Waals surface area contributed by atoms with Crippen LogP contribution in [0.4, 0.5) is 18.0 Å². The van der Waals surface area contributed by atoms with Crippen molar-refractivity contribution < 1.29 is 41.8 Å². The number of hydrogen-bond donors (Lipinski definition) is 2. The van der Waals surface area contributed by atoms with Crippen molar-refractivity contribution in [2.24, 2.45) is 0 Å². The summed E-state index contributed by atoms with van der Waals surface area (Å²) in [7, 11) is 1.34. The summed E-state index contributed by atoms with van der Waals surface area (Å²) in [5.41, 5.74) is 0.492. The van der Waals surface area contributed by atoms with Crippen molar-refractivity contribution in [2.75, 3.05) is 13.7 Å². The number of alkyl halides is 3. The average molecular weight is 504 g/mol. The largest absolute Gasteiger partial charge is 0.489 e. The van der Waals surface area contributed by atoms with E-state index in [2.05, 4.69) is 17.4 Å². The van der Waals surface area contributed by atoms with Crippen LogP contribution in [0.15, 0.2) is 30.9 Å². The van der Waals surface area contributed by atoms with Crippen molar-refractivity contribution in [2.45, 2.75) is 65.1 Å². The number of methoxy groups -OCH3 is 1. The van der Waals surface area contributed by atoms with E-state index < -0.39 is 52.8 Å². The van der Waals surface area contributed by atoms with Crippen LogP contribution in [0.1, 0.15) is 57.5 Å². The molecular weight excluding hydrogens is 471 g/mol. The Balaban J connectivity index is 3.05. The minimum Gasteiger partial charge on any atom is -0.489 e. The maximum Gasteiger partial charge on any atom is 0.419 e. The van der Waals surface area contributed by atoms with Crippen LogP contribution in [0.5, 0.6) is 5.75 Å². The third-order valence-corrected chi connectivity index (χ3v) is 4.64. The van der Waals surface area contributed by atoms with E-state index in [1.165, 1.54) is 34.0 Å². The van der Waals surface area contributed by atoms with Crippen LogP contribution in [0, 0.1) is 0 Å². The lowest BCUT2D eigenvalue weighted by Crippen LogP contribution is -2.60. The molecule has 0 aliphatic carbocycles. The molecule has 1 rings (SSSR count). The van der Waals surface area contributed by atoms with E-state index in [9.17, 15) is 27.6 Å². The van der Waals surface area contributed by atoms with Gasteiger partial charge in [-0.3, -0.25) is 25.3 Å². The summed E-state index contributed by atoms with van der Waals surface area (Å²) < 4.78 is 55.9. The normalized spacial score (nSPS) is 12.9. The highest BCUT2D eigenvalue weighted by Gasteiger charge is 2.40. The van der Waals surface area contributed by atoms with Crippen molar-refractivity contribution in [1.82, 2.24) is 15.8 Å². The number of amides is 3. The first kappa shape index (κ1) is 29.8. The van der Waals surface area contributed by atoms with Gasteiger partial charge in [0.05, 0.1) is 5.56 Å². The number of rotatable bonds is 8. The first-order valence-electron chi connectivity index (χ1n) is 10.6. The van der Waals surface area contributed by atoms with E-state index >= 15 is 0 Å². The third kappa shape index (κ3) is 8.46. The number of hydrogen-bond acceptors (Lipinski definition) is 6. The Morgan fingerprint density at radius 1 is 1.11 bits per heavy atom. The van der Waals surface area contributed by atoms with Crippen LogP contribution in [0.25, 0.3) is 0 Å². The molecule has 1 atom stereocenters. The lowest BCUT2D eigenvalue weighted by atomic mass is 10.1. The minimum absolute atomic E-state index is 0.158. The molecule has 1 aromatic rings. The van der Waals surface area contributed by atoms with Crippen LogP contribution in [-0.2, 0) is 20.4 Å². The molecule has 1 aromatic carbocycles. The van der Waals surface area contributed by atoms with Gasteiger partial charge in [-0.25, -0.2) is 4.79 Å². The molecule has 0 aliphatic heterocycles. The number of nitrogens with one attached hydrogen (secondary N) is 2. The number of hydrazine groups is 1. The molecular formula is C23H32F3N3O6. The molecule has 0 aliphatic rings. The van der Waals surface area contributed by atoms with E-state index in [4.69, 9.17) is 14.2 Å². The Morgan fingerprint density at radius 3 is 2.20 bits per heavy atom. The van der Waals surface area contributed by atoms with E-state index in [1.807, 2.05) is 0 Å². The Kier molecular flexibility index (Phi) is 9.72. The zero-order valence-electron chi connectivity index (χ0n) is 20.8. The van der Waals surface area contributed by atoms with E-state index in [1.54, 1.807) is 20.8 Å². The highest BCUT2D eigenvalue weighted by Crippen LogP contribution is 2.37. The molecule has 0 heterocycles. The fourth-order valence-electron chi connectivity index (χ4n) is 2.83. The van der Waals surface area contributed by atoms with Crippen molar-refractivity contribution in [1.29, 1.82) is 0 Å². The van der Waals surface area contributed by atoms with Crippen LogP contribution >= 0.6 is 0 Å². The third-order valence-electron chi connectivity index (χ3n) is 4.64. The molecule has 2 N–H and O–H groups in total. The quantitative estimate of drug-likeness (QED) is 0.315. The number of nitrogens with zero attached hydrogens (tertiary/aromatic N) is 1. The zero-order chi connectivity index (χ0) is 27.2. The second-order valence-corrected chi connectivity index (χ2v) is 8.93. The highest BCUT2D eigenvalue weighted by atomic mass is 19.4. The molecule has 0 bridgehead atoms. The molecule has 3 amide bonds. The summed E-state index contributed by atoms with van der Waals surface area (Å²) in [6.07, 6.45) is -4.35. The second kappa shape index (κ2) is 11.4. The molecule has 9 nitrogen and oxygen atoms in total. The van der Waals surface area contributed by atoms with Gasteiger partial charge in [0.15, 0.2) is 0 Å². The maximum atomic E-state index is 13.4. The van der Waals surface area contributed by atoms with Crippen LogP contribution in [-0.4, -0.2) is 53.9 Å². The topological polar surface area (TPSA) is 106 Å². The van der Waals surface area contributed by atoms with Crippen molar-refractivity contribution >= 4 is 17.9 Å². The zero-order valence-corrected chi connectivity index (χ0v) is 20.8. The fourth-order valence-corrected chi connectivity index (χ4v) is 2.83. The van der Waals surface area contributed by atoms with Crippen molar-refractivity contribution in [3.63, 3.8) is 0 Å². The van der Waals surface area contributed by atoms with Crippen molar-refractivity contribution in [3.8, 4) is 5.75 Å². The summed E-state index contributed by atoms with van der Waals surface area (Å²) in [5, 5.41) is 0. The van der Waals surface area contributed by atoms with E-state index in [0.717, 1.165) is 17.0 Å². The fraction of sp³-hybridized carbons (Fsp3) is 0.522. The van der Waals surface area contributed by atoms with Gasteiger partial charge in [0.25, 0.3) is 11.8 Å². The summed E-state index contributed by atoms with van der Waals surface area (Å²) in [6, 6.07) is 1.52. The SMILES string of the molecule is C=CCOc1ccc(C(=O)NNC(=O)C(C)N(C(=O)OC(C)(C)C)C(C)(C)OC)cc1C(F)(F)F. The first-order chi connectivity index (χ1) is 15.9. The highest BCUT2D eigenvalue weighted by molar-refractivity contribution is 5.96. The van der Waals surface area contributed by atoms with Gasteiger partial charge in [0.2, 0.25) is 0 Å². The minimum atomic E-state index is -4.79. The van der Waals surface area contributed by atoms with Crippen LogP contribution in [0.3, 0.4) is 0 Å². The smallest absolute Gasteiger partial charge is 0.419 e. The molecule has 0 saturated heterocycles. The average Bonchev–Trinajstić information content (AvgIpc) is 2.73. The Labute approximate surface area is 202 Å². The lowest BCUT2D eigenvalue weighted by molar-refractivity contribution is -0.146.